The van der Waals surface area contributed by atoms with Crippen LogP contribution in [0.5, 0.6) is 0 Å². The predicted octanol–water partition coefficient (Wildman–Crippen LogP) is 5.30. The summed E-state index contributed by atoms with van der Waals surface area (Å²) in [6.07, 6.45) is -0.611. The number of thioether (sulfide) groups is 1. The first-order valence-electron chi connectivity index (χ1n) is 11.2. The van der Waals surface area contributed by atoms with Crippen molar-refractivity contribution in [2.24, 2.45) is 12.5 Å². The number of aryl methyl sites for hydroxylation is 1. The molecule has 1 aliphatic carbocycles. The highest BCUT2D eigenvalue weighted by Gasteiger charge is 2.59. The maximum atomic E-state index is 13.5. The zero-order valence-corrected chi connectivity index (χ0v) is 19.7. The SMILES string of the molecule is Cc1ncoc1-c1nnc(SCCCN2CC[C@]3(C[C@H]3c3ccc(F)cc3C(F)(F)F)C2)n1C. The Labute approximate surface area is 198 Å². The molecule has 0 radical (unpaired) electrons. The second kappa shape index (κ2) is 8.67. The average molecular weight is 496 g/mol. The standard InChI is InChI=1S/C23H25F4N5OS/c1-14-19(33-13-28-14)20-29-30-21(31(20)2)34-9-3-7-32-8-6-22(12-32)11-18(22)16-5-4-15(24)10-17(16)23(25,26)27/h4-5,10,13,18H,3,6-9,11-12H2,1-2H3/t18-,22-/m0/s1. The maximum Gasteiger partial charge on any atom is 0.416 e. The average Bonchev–Trinajstić information content (AvgIpc) is 3.07. The molecule has 3 heterocycles. The van der Waals surface area contributed by atoms with Gasteiger partial charge in [-0.3, -0.25) is 0 Å². The molecule has 182 valence electrons. The van der Waals surface area contributed by atoms with E-state index in [-0.39, 0.29) is 16.9 Å². The van der Waals surface area contributed by atoms with Gasteiger partial charge in [0.25, 0.3) is 0 Å². The molecule has 1 aliphatic heterocycles. The molecule has 1 saturated heterocycles. The molecule has 1 saturated carbocycles. The molecular weight excluding hydrogens is 470 g/mol. The van der Waals surface area contributed by atoms with Gasteiger partial charge in [0.15, 0.2) is 17.3 Å². The van der Waals surface area contributed by atoms with Crippen molar-refractivity contribution in [1.82, 2.24) is 24.6 Å². The number of hydrogen-bond donors (Lipinski definition) is 0. The first-order chi connectivity index (χ1) is 16.2. The minimum Gasteiger partial charge on any atom is -0.440 e. The minimum atomic E-state index is -4.54. The Bertz CT molecular complexity index is 1190. The molecule has 0 amide bonds. The Morgan fingerprint density at radius 3 is 2.82 bits per heavy atom. The number of likely N-dealkylation sites (tertiary alicyclic amines) is 1. The van der Waals surface area contributed by atoms with E-state index in [2.05, 4.69) is 20.1 Å². The van der Waals surface area contributed by atoms with Gasteiger partial charge in [-0.1, -0.05) is 17.8 Å². The van der Waals surface area contributed by atoms with E-state index in [1.54, 1.807) is 11.8 Å². The van der Waals surface area contributed by atoms with Crippen LogP contribution < -0.4 is 0 Å². The van der Waals surface area contributed by atoms with E-state index in [1.807, 2.05) is 18.5 Å². The van der Waals surface area contributed by atoms with Crippen LogP contribution in [0, 0.1) is 18.2 Å². The number of aromatic nitrogens is 4. The smallest absolute Gasteiger partial charge is 0.416 e. The second-order valence-electron chi connectivity index (χ2n) is 9.21. The van der Waals surface area contributed by atoms with Crippen LogP contribution in [0.25, 0.3) is 11.6 Å². The lowest BCUT2D eigenvalue weighted by molar-refractivity contribution is -0.138. The van der Waals surface area contributed by atoms with Gasteiger partial charge in [0, 0.05) is 19.3 Å². The van der Waals surface area contributed by atoms with Gasteiger partial charge < -0.3 is 13.9 Å². The van der Waals surface area contributed by atoms with Crippen molar-refractivity contribution in [3.8, 4) is 11.6 Å². The molecule has 0 bridgehead atoms. The molecule has 1 spiro atoms. The zero-order chi connectivity index (χ0) is 24.1. The van der Waals surface area contributed by atoms with E-state index in [9.17, 15) is 17.6 Å². The Balaban J connectivity index is 1.14. The summed E-state index contributed by atoms with van der Waals surface area (Å²) in [6.45, 7) is 4.40. The molecule has 1 aromatic carbocycles. The van der Waals surface area contributed by atoms with Crippen molar-refractivity contribution < 1.29 is 22.0 Å². The van der Waals surface area contributed by atoms with Crippen molar-refractivity contribution in [1.29, 1.82) is 0 Å². The fraction of sp³-hybridized carbons (Fsp3) is 0.522. The Morgan fingerprint density at radius 2 is 2.09 bits per heavy atom. The van der Waals surface area contributed by atoms with Crippen molar-refractivity contribution >= 4 is 11.8 Å². The number of rotatable bonds is 7. The summed E-state index contributed by atoms with van der Waals surface area (Å²) >= 11 is 1.61. The summed E-state index contributed by atoms with van der Waals surface area (Å²) in [6, 6.07) is 3.10. The lowest BCUT2D eigenvalue weighted by atomic mass is 9.94. The van der Waals surface area contributed by atoms with Gasteiger partial charge in [-0.05, 0) is 68.3 Å². The molecule has 5 rings (SSSR count). The molecule has 2 aliphatic rings. The molecule has 3 aromatic rings. The summed E-state index contributed by atoms with van der Waals surface area (Å²) in [7, 11) is 1.89. The van der Waals surface area contributed by atoms with Crippen molar-refractivity contribution in [2.45, 2.75) is 43.4 Å². The van der Waals surface area contributed by atoms with Crippen molar-refractivity contribution in [2.75, 3.05) is 25.4 Å². The second-order valence-corrected chi connectivity index (χ2v) is 10.3. The molecule has 11 heteroatoms. The van der Waals surface area contributed by atoms with Crippen LogP contribution in [0.4, 0.5) is 17.6 Å². The van der Waals surface area contributed by atoms with E-state index in [4.69, 9.17) is 4.42 Å². The fourth-order valence-electron chi connectivity index (χ4n) is 5.10. The Hall–Kier alpha value is -2.40. The Morgan fingerprint density at radius 1 is 1.26 bits per heavy atom. The van der Waals surface area contributed by atoms with Crippen LogP contribution in [-0.2, 0) is 13.2 Å². The largest absolute Gasteiger partial charge is 0.440 e. The van der Waals surface area contributed by atoms with E-state index in [1.165, 1.54) is 12.5 Å². The molecule has 2 fully saturated rings. The highest BCUT2D eigenvalue weighted by atomic mass is 32.2. The van der Waals surface area contributed by atoms with Gasteiger partial charge in [-0.2, -0.15) is 13.2 Å². The van der Waals surface area contributed by atoms with Gasteiger partial charge in [-0.25, -0.2) is 9.37 Å². The van der Waals surface area contributed by atoms with E-state index >= 15 is 0 Å². The topological polar surface area (TPSA) is 60.0 Å². The highest BCUT2D eigenvalue weighted by Crippen LogP contribution is 2.65. The van der Waals surface area contributed by atoms with E-state index in [0.29, 0.717) is 17.7 Å². The van der Waals surface area contributed by atoms with Gasteiger partial charge in [0.2, 0.25) is 5.82 Å². The number of halogens is 4. The maximum absolute atomic E-state index is 13.5. The summed E-state index contributed by atoms with van der Waals surface area (Å²) in [5.74, 6) is 1.10. The van der Waals surface area contributed by atoms with Crippen LogP contribution in [0.1, 0.15) is 42.0 Å². The molecule has 2 aromatic heterocycles. The van der Waals surface area contributed by atoms with Gasteiger partial charge in [-0.15, -0.1) is 10.2 Å². The summed E-state index contributed by atoms with van der Waals surface area (Å²) in [5.41, 5.74) is 0.0638. The third kappa shape index (κ3) is 4.35. The number of hydrogen-bond acceptors (Lipinski definition) is 6. The molecular formula is C23H25F4N5OS. The minimum absolute atomic E-state index is 0.113. The first-order valence-corrected chi connectivity index (χ1v) is 12.2. The molecule has 6 nitrogen and oxygen atoms in total. The van der Waals surface area contributed by atoms with Gasteiger partial charge >= 0.3 is 6.18 Å². The highest BCUT2D eigenvalue weighted by molar-refractivity contribution is 7.99. The third-order valence-electron chi connectivity index (χ3n) is 6.98. The summed E-state index contributed by atoms with van der Waals surface area (Å²) in [5, 5.41) is 9.26. The molecule has 0 N–H and O–H groups in total. The number of oxazole rings is 1. The van der Waals surface area contributed by atoms with Crippen LogP contribution in [0.3, 0.4) is 0 Å². The summed E-state index contributed by atoms with van der Waals surface area (Å²) in [4.78, 5) is 6.42. The number of alkyl halides is 3. The van der Waals surface area contributed by atoms with Crippen LogP contribution >= 0.6 is 11.8 Å². The zero-order valence-electron chi connectivity index (χ0n) is 18.9. The molecule has 2 atom stereocenters. The summed E-state index contributed by atoms with van der Waals surface area (Å²) < 4.78 is 61.1. The van der Waals surface area contributed by atoms with Gasteiger partial charge in [0.1, 0.15) is 5.82 Å². The lowest BCUT2D eigenvalue weighted by Gasteiger charge is -2.17. The monoisotopic (exact) mass is 495 g/mol. The first kappa shape index (κ1) is 23.3. The van der Waals surface area contributed by atoms with Crippen LogP contribution in [0.2, 0.25) is 0 Å². The van der Waals surface area contributed by atoms with Crippen LogP contribution in [0.15, 0.2) is 34.2 Å². The van der Waals surface area contributed by atoms with E-state index in [0.717, 1.165) is 61.6 Å². The van der Waals surface area contributed by atoms with Crippen molar-refractivity contribution in [3.05, 3.63) is 47.2 Å². The van der Waals surface area contributed by atoms with Gasteiger partial charge in [0.05, 0.1) is 11.3 Å². The number of benzene rings is 1. The fourth-order valence-corrected chi connectivity index (χ4v) is 5.93. The Kier molecular flexibility index (Phi) is 5.96. The normalized spacial score (nSPS) is 22.7. The molecule has 0 unspecified atom stereocenters. The quantitative estimate of drug-likeness (QED) is 0.252. The van der Waals surface area contributed by atoms with Crippen LogP contribution in [-0.4, -0.2) is 50.0 Å². The lowest BCUT2D eigenvalue weighted by Crippen LogP contribution is -2.23. The number of nitrogens with zero attached hydrogens (tertiary/aromatic N) is 5. The predicted molar refractivity (Wildman–Crippen MR) is 119 cm³/mol. The van der Waals surface area contributed by atoms with E-state index < -0.39 is 17.6 Å². The van der Waals surface area contributed by atoms with Crippen molar-refractivity contribution in [3.63, 3.8) is 0 Å². The molecule has 34 heavy (non-hydrogen) atoms. The third-order valence-corrected chi connectivity index (χ3v) is 8.09.